The number of ether oxygens (including phenoxy) is 1. The van der Waals surface area contributed by atoms with E-state index in [1.54, 1.807) is 4.68 Å². The Morgan fingerprint density at radius 1 is 1.24 bits per heavy atom. The van der Waals surface area contributed by atoms with Crippen molar-refractivity contribution < 1.29 is 9.84 Å². The molecule has 1 heterocycles. The minimum absolute atomic E-state index is 0.127. The van der Waals surface area contributed by atoms with Gasteiger partial charge in [0.05, 0.1) is 12.3 Å². The molecule has 0 radical (unpaired) electrons. The quantitative estimate of drug-likeness (QED) is 0.940. The van der Waals surface area contributed by atoms with Crippen LogP contribution in [0, 0.1) is 0 Å². The zero-order chi connectivity index (χ0) is 15.6. The maximum atomic E-state index is 10.8. The van der Waals surface area contributed by atoms with Gasteiger partial charge in [0, 0.05) is 29.8 Å². The molecule has 0 saturated heterocycles. The molecule has 0 saturated carbocycles. The maximum Gasteiger partial charge on any atom is 0.125 e. The van der Waals surface area contributed by atoms with Crippen molar-refractivity contribution in [2.75, 3.05) is 6.61 Å². The Balaban J connectivity index is 2.48. The minimum atomic E-state index is -0.740. The molecule has 0 spiro atoms. The summed E-state index contributed by atoms with van der Waals surface area (Å²) in [5, 5.41) is 15.3. The van der Waals surface area contributed by atoms with E-state index in [1.807, 2.05) is 44.4 Å². The van der Waals surface area contributed by atoms with Crippen molar-refractivity contribution in [2.45, 2.75) is 39.2 Å². The molecule has 2 rings (SSSR count). The molecule has 4 heteroatoms. The highest BCUT2D eigenvalue weighted by Crippen LogP contribution is 2.35. The highest BCUT2D eigenvalue weighted by atomic mass is 16.5. The highest BCUT2D eigenvalue weighted by molar-refractivity contribution is 5.42. The molecule has 0 aliphatic rings. The molecule has 1 unspecified atom stereocenters. The average molecular weight is 288 g/mol. The standard InChI is InChI=1S/C17H24N2O2/c1-6-21-14-10-8-7-9-12(14)15(20)13-11-19(5)18-16(13)17(2,3)4/h7-11,15,20H,6H2,1-5H3. The van der Waals surface area contributed by atoms with Gasteiger partial charge < -0.3 is 9.84 Å². The van der Waals surface area contributed by atoms with Crippen LogP contribution in [-0.2, 0) is 12.5 Å². The largest absolute Gasteiger partial charge is 0.493 e. The smallest absolute Gasteiger partial charge is 0.125 e. The molecule has 1 aromatic carbocycles. The van der Waals surface area contributed by atoms with Crippen LogP contribution in [0.4, 0.5) is 0 Å². The summed E-state index contributed by atoms with van der Waals surface area (Å²) in [5.74, 6) is 0.719. The Kier molecular flexibility index (Phi) is 4.37. The molecule has 0 aliphatic carbocycles. The van der Waals surface area contributed by atoms with Crippen molar-refractivity contribution in [3.63, 3.8) is 0 Å². The first kappa shape index (κ1) is 15.6. The van der Waals surface area contributed by atoms with Crippen LogP contribution in [0.1, 0.15) is 50.6 Å². The summed E-state index contributed by atoms with van der Waals surface area (Å²) in [6, 6.07) is 7.60. The van der Waals surface area contributed by atoms with Crippen molar-refractivity contribution in [2.24, 2.45) is 7.05 Å². The first-order valence-corrected chi connectivity index (χ1v) is 7.28. The van der Waals surface area contributed by atoms with E-state index in [0.717, 1.165) is 22.6 Å². The van der Waals surface area contributed by atoms with E-state index in [4.69, 9.17) is 4.74 Å². The lowest BCUT2D eigenvalue weighted by Gasteiger charge is -2.21. The van der Waals surface area contributed by atoms with Crippen LogP contribution in [-0.4, -0.2) is 21.5 Å². The van der Waals surface area contributed by atoms with Gasteiger partial charge in [-0.25, -0.2) is 0 Å². The van der Waals surface area contributed by atoms with E-state index in [2.05, 4.69) is 25.9 Å². The Bertz CT molecular complexity index is 611. The number of aliphatic hydroxyl groups is 1. The Labute approximate surface area is 126 Å². The number of rotatable bonds is 4. The highest BCUT2D eigenvalue weighted by Gasteiger charge is 2.27. The molecule has 0 aliphatic heterocycles. The lowest BCUT2D eigenvalue weighted by molar-refractivity contribution is 0.209. The van der Waals surface area contributed by atoms with E-state index in [1.165, 1.54) is 0 Å². The lowest BCUT2D eigenvalue weighted by atomic mass is 9.87. The Morgan fingerprint density at radius 3 is 2.52 bits per heavy atom. The third-order valence-corrected chi connectivity index (χ3v) is 3.38. The van der Waals surface area contributed by atoms with E-state index < -0.39 is 6.10 Å². The molecule has 0 amide bonds. The first-order chi connectivity index (χ1) is 9.84. The maximum absolute atomic E-state index is 10.8. The van der Waals surface area contributed by atoms with Gasteiger partial charge in [0.25, 0.3) is 0 Å². The summed E-state index contributed by atoms with van der Waals surface area (Å²) in [6.45, 7) is 8.80. The molecule has 2 aromatic rings. The molecular formula is C17H24N2O2. The van der Waals surface area contributed by atoms with Crippen LogP contribution >= 0.6 is 0 Å². The third-order valence-electron chi connectivity index (χ3n) is 3.38. The first-order valence-electron chi connectivity index (χ1n) is 7.28. The molecular weight excluding hydrogens is 264 g/mol. The summed E-state index contributed by atoms with van der Waals surface area (Å²) in [4.78, 5) is 0. The van der Waals surface area contributed by atoms with Gasteiger partial charge in [-0.15, -0.1) is 0 Å². The van der Waals surface area contributed by atoms with Gasteiger partial charge in [0.1, 0.15) is 11.9 Å². The Hall–Kier alpha value is -1.81. The summed E-state index contributed by atoms with van der Waals surface area (Å²) < 4.78 is 7.38. The van der Waals surface area contributed by atoms with Crippen LogP contribution < -0.4 is 4.74 Å². The molecule has 0 fully saturated rings. The van der Waals surface area contributed by atoms with Gasteiger partial charge >= 0.3 is 0 Å². The fourth-order valence-electron chi connectivity index (χ4n) is 2.45. The predicted octanol–water partition coefficient (Wildman–Crippen LogP) is 3.20. The number of aromatic nitrogens is 2. The van der Waals surface area contributed by atoms with Crippen LogP contribution in [0.15, 0.2) is 30.5 Å². The normalized spacial score (nSPS) is 13.2. The SMILES string of the molecule is CCOc1ccccc1C(O)c1cn(C)nc1C(C)(C)C. The van der Waals surface area contributed by atoms with Gasteiger partial charge in [-0.05, 0) is 13.0 Å². The number of aryl methyl sites for hydroxylation is 1. The number of aliphatic hydroxyl groups excluding tert-OH is 1. The average Bonchev–Trinajstić information content (AvgIpc) is 2.81. The lowest BCUT2D eigenvalue weighted by Crippen LogP contribution is -2.17. The summed E-state index contributed by atoms with van der Waals surface area (Å²) in [6.07, 6.45) is 1.14. The molecule has 1 aromatic heterocycles. The number of nitrogens with zero attached hydrogens (tertiary/aromatic N) is 2. The van der Waals surface area contributed by atoms with Gasteiger partial charge in [-0.3, -0.25) is 4.68 Å². The molecule has 21 heavy (non-hydrogen) atoms. The second-order valence-electron chi connectivity index (χ2n) is 6.23. The molecule has 1 atom stereocenters. The number of hydrogen-bond donors (Lipinski definition) is 1. The number of benzene rings is 1. The Morgan fingerprint density at radius 2 is 1.90 bits per heavy atom. The summed E-state index contributed by atoms with van der Waals surface area (Å²) in [5.41, 5.74) is 2.39. The number of hydrogen-bond acceptors (Lipinski definition) is 3. The van der Waals surface area contributed by atoms with Crippen LogP contribution in [0.25, 0.3) is 0 Å². The predicted molar refractivity (Wildman–Crippen MR) is 83.6 cm³/mol. The van der Waals surface area contributed by atoms with E-state index in [0.29, 0.717) is 6.61 Å². The molecule has 114 valence electrons. The molecule has 0 bridgehead atoms. The van der Waals surface area contributed by atoms with Crippen LogP contribution in [0.3, 0.4) is 0 Å². The minimum Gasteiger partial charge on any atom is -0.493 e. The second kappa shape index (κ2) is 5.90. The zero-order valence-electron chi connectivity index (χ0n) is 13.4. The van der Waals surface area contributed by atoms with Crippen molar-refractivity contribution in [3.05, 3.63) is 47.3 Å². The second-order valence-corrected chi connectivity index (χ2v) is 6.23. The molecule has 1 N–H and O–H groups in total. The van der Waals surface area contributed by atoms with Crippen molar-refractivity contribution in [1.82, 2.24) is 9.78 Å². The van der Waals surface area contributed by atoms with E-state index in [-0.39, 0.29) is 5.41 Å². The fourth-order valence-corrected chi connectivity index (χ4v) is 2.45. The zero-order valence-corrected chi connectivity index (χ0v) is 13.4. The van der Waals surface area contributed by atoms with Crippen molar-refractivity contribution in [3.8, 4) is 5.75 Å². The summed E-state index contributed by atoms with van der Waals surface area (Å²) in [7, 11) is 1.87. The van der Waals surface area contributed by atoms with Crippen LogP contribution in [0.5, 0.6) is 5.75 Å². The van der Waals surface area contributed by atoms with Crippen molar-refractivity contribution >= 4 is 0 Å². The topological polar surface area (TPSA) is 47.3 Å². The van der Waals surface area contributed by atoms with Crippen LogP contribution in [0.2, 0.25) is 0 Å². The van der Waals surface area contributed by atoms with Gasteiger partial charge in [-0.2, -0.15) is 5.10 Å². The summed E-state index contributed by atoms with van der Waals surface area (Å²) >= 11 is 0. The number of para-hydroxylation sites is 1. The van der Waals surface area contributed by atoms with Gasteiger partial charge in [0.2, 0.25) is 0 Å². The van der Waals surface area contributed by atoms with Gasteiger partial charge in [-0.1, -0.05) is 39.0 Å². The van der Waals surface area contributed by atoms with E-state index in [9.17, 15) is 5.11 Å². The van der Waals surface area contributed by atoms with Gasteiger partial charge in [0.15, 0.2) is 0 Å². The molecule has 4 nitrogen and oxygen atoms in total. The monoisotopic (exact) mass is 288 g/mol. The van der Waals surface area contributed by atoms with E-state index >= 15 is 0 Å². The fraction of sp³-hybridized carbons (Fsp3) is 0.471. The van der Waals surface area contributed by atoms with Crippen molar-refractivity contribution in [1.29, 1.82) is 0 Å². The third kappa shape index (κ3) is 3.27.